The van der Waals surface area contributed by atoms with Crippen molar-refractivity contribution in [1.82, 2.24) is 0 Å². The molecule has 0 aliphatic rings. The molecule has 6 nitrogen and oxygen atoms in total. The first-order chi connectivity index (χ1) is 27.5. The van der Waals surface area contributed by atoms with Crippen molar-refractivity contribution in [3.05, 3.63) is 72.9 Å². The van der Waals surface area contributed by atoms with Crippen LogP contribution in [-0.2, 0) is 28.6 Å². The number of ether oxygens (including phenoxy) is 3. The number of rotatable bonds is 40. The number of esters is 3. The third-order valence-corrected chi connectivity index (χ3v) is 9.46. The van der Waals surface area contributed by atoms with Gasteiger partial charge in [0.05, 0.1) is 6.42 Å². The summed E-state index contributed by atoms with van der Waals surface area (Å²) in [5, 5.41) is 0. The van der Waals surface area contributed by atoms with Crippen LogP contribution in [0.25, 0.3) is 0 Å². The largest absolute Gasteiger partial charge is 0.462 e. The Morgan fingerprint density at radius 1 is 0.393 bits per heavy atom. The van der Waals surface area contributed by atoms with E-state index in [4.69, 9.17) is 14.2 Å². The maximum Gasteiger partial charge on any atom is 0.309 e. The highest BCUT2D eigenvalue weighted by atomic mass is 16.6. The zero-order valence-electron chi connectivity index (χ0n) is 36.4. The van der Waals surface area contributed by atoms with Crippen LogP contribution >= 0.6 is 0 Å². The lowest BCUT2D eigenvalue weighted by Gasteiger charge is -2.18. The minimum atomic E-state index is -0.817. The molecule has 0 aromatic heterocycles. The van der Waals surface area contributed by atoms with Crippen molar-refractivity contribution in [2.24, 2.45) is 0 Å². The SMILES string of the molecule is CC/C=C\C/C=C\C/C=C\CC(=O)OCC(COC(=O)CCCCCCCCC/C=C\CCCCCCCC)OC(=O)CCCCCCC/C=C\C/C=C\CC. The van der Waals surface area contributed by atoms with Crippen molar-refractivity contribution in [3.8, 4) is 0 Å². The first kappa shape index (κ1) is 52.9. The summed E-state index contributed by atoms with van der Waals surface area (Å²) in [5.41, 5.74) is 0. The molecular weight excluding hydrogens is 697 g/mol. The fourth-order valence-corrected chi connectivity index (χ4v) is 6.06. The van der Waals surface area contributed by atoms with Gasteiger partial charge in [0.2, 0.25) is 0 Å². The Labute approximate surface area is 344 Å². The van der Waals surface area contributed by atoms with Crippen LogP contribution < -0.4 is 0 Å². The number of allylic oxidation sites excluding steroid dienone is 11. The van der Waals surface area contributed by atoms with Crippen LogP contribution in [0.5, 0.6) is 0 Å². The van der Waals surface area contributed by atoms with Crippen molar-refractivity contribution in [2.45, 2.75) is 213 Å². The highest BCUT2D eigenvalue weighted by Gasteiger charge is 2.19. The van der Waals surface area contributed by atoms with Crippen LogP contribution in [0.3, 0.4) is 0 Å². The van der Waals surface area contributed by atoms with Crippen molar-refractivity contribution in [3.63, 3.8) is 0 Å². The van der Waals surface area contributed by atoms with Gasteiger partial charge in [-0.3, -0.25) is 14.4 Å². The lowest BCUT2D eigenvalue weighted by Crippen LogP contribution is -2.30. The molecule has 0 aliphatic heterocycles. The van der Waals surface area contributed by atoms with Crippen LogP contribution in [-0.4, -0.2) is 37.2 Å². The van der Waals surface area contributed by atoms with Gasteiger partial charge in [0, 0.05) is 12.8 Å². The topological polar surface area (TPSA) is 78.9 Å². The number of unbranched alkanes of at least 4 members (excludes halogenated alkanes) is 18. The van der Waals surface area contributed by atoms with E-state index in [0.717, 1.165) is 89.9 Å². The first-order valence-corrected chi connectivity index (χ1v) is 22.9. The van der Waals surface area contributed by atoms with Gasteiger partial charge in [-0.2, -0.15) is 0 Å². The van der Waals surface area contributed by atoms with Crippen LogP contribution in [0.4, 0.5) is 0 Å². The van der Waals surface area contributed by atoms with Crippen molar-refractivity contribution >= 4 is 17.9 Å². The highest BCUT2D eigenvalue weighted by molar-refractivity contribution is 5.72. The van der Waals surface area contributed by atoms with Crippen LogP contribution in [0.1, 0.15) is 207 Å². The molecule has 0 rings (SSSR count). The summed E-state index contributed by atoms with van der Waals surface area (Å²) in [5.74, 6) is -1.07. The van der Waals surface area contributed by atoms with E-state index in [1.165, 1.54) is 77.0 Å². The molecule has 6 heteroatoms. The average Bonchev–Trinajstić information content (AvgIpc) is 3.19. The quantitative estimate of drug-likeness (QED) is 0.0267. The predicted octanol–water partition coefficient (Wildman–Crippen LogP) is 14.7. The molecular formula is C50H84O6. The fraction of sp³-hybridized carbons (Fsp3) is 0.700. The Bertz CT molecular complexity index is 1080. The summed E-state index contributed by atoms with van der Waals surface area (Å²) >= 11 is 0. The second-order valence-corrected chi connectivity index (χ2v) is 14.9. The van der Waals surface area contributed by atoms with Crippen molar-refractivity contribution in [2.75, 3.05) is 13.2 Å². The molecule has 0 amide bonds. The van der Waals surface area contributed by atoms with Gasteiger partial charge in [-0.1, -0.05) is 177 Å². The summed E-state index contributed by atoms with van der Waals surface area (Å²) < 4.78 is 16.6. The number of hydrogen-bond donors (Lipinski definition) is 0. The van der Waals surface area contributed by atoms with Gasteiger partial charge in [-0.15, -0.1) is 0 Å². The number of carbonyl (C=O) groups is 3. The molecule has 0 aromatic carbocycles. The number of carbonyl (C=O) groups excluding carboxylic acids is 3. The minimum absolute atomic E-state index is 0.111. The van der Waals surface area contributed by atoms with Gasteiger partial charge in [0.15, 0.2) is 6.10 Å². The Hall–Kier alpha value is -3.15. The van der Waals surface area contributed by atoms with Gasteiger partial charge in [0.25, 0.3) is 0 Å². The van der Waals surface area contributed by atoms with Crippen LogP contribution in [0.2, 0.25) is 0 Å². The van der Waals surface area contributed by atoms with Gasteiger partial charge in [-0.05, 0) is 83.5 Å². The molecule has 0 N–H and O–H groups in total. The molecule has 0 saturated heterocycles. The van der Waals surface area contributed by atoms with Crippen LogP contribution in [0.15, 0.2) is 72.9 Å². The van der Waals surface area contributed by atoms with E-state index in [1.807, 2.05) is 6.08 Å². The Morgan fingerprint density at radius 2 is 0.768 bits per heavy atom. The Morgan fingerprint density at radius 3 is 1.27 bits per heavy atom. The van der Waals surface area contributed by atoms with E-state index in [-0.39, 0.29) is 31.6 Å². The fourth-order valence-electron chi connectivity index (χ4n) is 6.06. The zero-order chi connectivity index (χ0) is 40.8. The maximum atomic E-state index is 12.7. The summed E-state index contributed by atoms with van der Waals surface area (Å²) in [6, 6.07) is 0. The molecule has 0 heterocycles. The Balaban J connectivity index is 4.40. The molecule has 0 saturated carbocycles. The third-order valence-electron chi connectivity index (χ3n) is 9.46. The van der Waals surface area contributed by atoms with Gasteiger partial charge in [-0.25, -0.2) is 0 Å². The standard InChI is InChI=1S/C50H84O6/c1-4-7-10-13-16-19-21-23-24-25-26-27-29-31-34-37-40-43-49(52)55-46-47(45-54-48(51)42-39-36-33-30-18-15-12-9-6-3)56-50(53)44-41-38-35-32-28-22-20-17-14-11-8-5-2/h8-9,11-12,17-18,20,23-24,30,36,39,47H,4-7,10,13-16,19,21-22,25-29,31-35,37-38,40-46H2,1-3H3/b11-8-,12-9-,20-17-,24-23-,30-18-,39-36-. The molecule has 320 valence electrons. The van der Waals surface area contributed by atoms with E-state index in [9.17, 15) is 14.4 Å². The first-order valence-electron chi connectivity index (χ1n) is 22.9. The lowest BCUT2D eigenvalue weighted by molar-refractivity contribution is -0.166. The van der Waals surface area contributed by atoms with Gasteiger partial charge >= 0.3 is 17.9 Å². The molecule has 0 aliphatic carbocycles. The van der Waals surface area contributed by atoms with E-state index in [1.54, 1.807) is 6.08 Å². The molecule has 56 heavy (non-hydrogen) atoms. The van der Waals surface area contributed by atoms with E-state index in [0.29, 0.717) is 12.8 Å². The molecule has 0 radical (unpaired) electrons. The summed E-state index contributed by atoms with van der Waals surface area (Å²) in [6.45, 7) is 6.27. The average molecular weight is 781 g/mol. The zero-order valence-corrected chi connectivity index (χ0v) is 36.4. The smallest absolute Gasteiger partial charge is 0.309 e. The van der Waals surface area contributed by atoms with Gasteiger partial charge in [0.1, 0.15) is 13.2 Å². The van der Waals surface area contributed by atoms with Crippen molar-refractivity contribution < 1.29 is 28.6 Å². The summed E-state index contributed by atoms with van der Waals surface area (Å²) in [7, 11) is 0. The second-order valence-electron chi connectivity index (χ2n) is 14.9. The highest BCUT2D eigenvalue weighted by Crippen LogP contribution is 2.13. The minimum Gasteiger partial charge on any atom is -0.462 e. The van der Waals surface area contributed by atoms with Crippen molar-refractivity contribution in [1.29, 1.82) is 0 Å². The molecule has 0 aromatic rings. The van der Waals surface area contributed by atoms with Crippen LogP contribution in [0, 0.1) is 0 Å². The monoisotopic (exact) mass is 781 g/mol. The normalized spacial score (nSPS) is 12.7. The molecule has 0 fully saturated rings. The predicted molar refractivity (Wildman–Crippen MR) is 238 cm³/mol. The van der Waals surface area contributed by atoms with E-state index >= 15 is 0 Å². The lowest BCUT2D eigenvalue weighted by atomic mass is 10.1. The number of hydrogen-bond acceptors (Lipinski definition) is 6. The molecule has 0 spiro atoms. The molecule has 0 bridgehead atoms. The summed E-state index contributed by atoms with van der Waals surface area (Å²) in [4.78, 5) is 37.6. The van der Waals surface area contributed by atoms with E-state index < -0.39 is 12.1 Å². The second kappa shape index (κ2) is 44.6. The third kappa shape index (κ3) is 42.0. The maximum absolute atomic E-state index is 12.7. The summed E-state index contributed by atoms with van der Waals surface area (Å²) in [6.07, 6.45) is 55.0. The Kier molecular flexibility index (Phi) is 42.1. The molecule has 1 atom stereocenters. The van der Waals surface area contributed by atoms with E-state index in [2.05, 4.69) is 81.5 Å². The molecule has 1 unspecified atom stereocenters. The van der Waals surface area contributed by atoms with Gasteiger partial charge < -0.3 is 14.2 Å².